The maximum absolute atomic E-state index is 12.0. The van der Waals surface area contributed by atoms with E-state index in [4.69, 9.17) is 10.8 Å². The third-order valence-electron chi connectivity index (χ3n) is 3.23. The van der Waals surface area contributed by atoms with E-state index in [9.17, 15) is 19.5 Å². The standard InChI is InChI=1S/C13H14N2O5/c14-10(13(19)20)9(16)5-6-15-11(17)7-3-1-2-4-8(7)12(15)18/h1-4,9-10,16H,5-6,14H2,(H,19,20). The molecular formula is C13H14N2O5. The van der Waals surface area contributed by atoms with Gasteiger partial charge in [-0.05, 0) is 18.6 Å². The van der Waals surface area contributed by atoms with Gasteiger partial charge < -0.3 is 15.9 Å². The smallest absolute Gasteiger partial charge is 0.323 e. The molecule has 7 nitrogen and oxygen atoms in total. The molecule has 1 aliphatic rings. The molecule has 0 saturated heterocycles. The molecule has 0 aromatic heterocycles. The quantitative estimate of drug-likeness (QED) is 0.621. The largest absolute Gasteiger partial charge is 0.480 e. The Kier molecular flexibility index (Phi) is 3.82. The molecule has 1 heterocycles. The van der Waals surface area contributed by atoms with Crippen LogP contribution in [0.3, 0.4) is 0 Å². The summed E-state index contributed by atoms with van der Waals surface area (Å²) in [5, 5.41) is 18.2. The number of carbonyl (C=O) groups excluding carboxylic acids is 2. The fraction of sp³-hybridized carbons (Fsp3) is 0.308. The number of carbonyl (C=O) groups is 3. The van der Waals surface area contributed by atoms with E-state index < -0.39 is 29.9 Å². The number of hydrogen-bond donors (Lipinski definition) is 3. The molecule has 2 unspecified atom stereocenters. The Morgan fingerprint density at radius 1 is 1.20 bits per heavy atom. The van der Waals surface area contributed by atoms with Crippen molar-refractivity contribution in [2.75, 3.05) is 6.54 Å². The number of aliphatic hydroxyl groups is 1. The molecule has 1 aromatic carbocycles. The van der Waals surface area contributed by atoms with E-state index in [1.807, 2.05) is 0 Å². The van der Waals surface area contributed by atoms with Gasteiger partial charge in [0.1, 0.15) is 6.04 Å². The summed E-state index contributed by atoms with van der Waals surface area (Å²) in [6, 6.07) is 4.97. The lowest BCUT2D eigenvalue weighted by Crippen LogP contribution is -2.44. The van der Waals surface area contributed by atoms with Gasteiger partial charge in [0.05, 0.1) is 17.2 Å². The first-order valence-electron chi connectivity index (χ1n) is 6.05. The number of rotatable bonds is 5. The number of nitrogens with two attached hydrogens (primary N) is 1. The van der Waals surface area contributed by atoms with Crippen LogP contribution in [-0.2, 0) is 4.79 Å². The average molecular weight is 278 g/mol. The van der Waals surface area contributed by atoms with Gasteiger partial charge in [0.2, 0.25) is 0 Å². The maximum atomic E-state index is 12.0. The van der Waals surface area contributed by atoms with Crippen molar-refractivity contribution in [2.24, 2.45) is 5.73 Å². The summed E-state index contributed by atoms with van der Waals surface area (Å²) >= 11 is 0. The summed E-state index contributed by atoms with van der Waals surface area (Å²) in [7, 11) is 0. The molecule has 4 N–H and O–H groups in total. The molecule has 0 saturated carbocycles. The molecule has 2 rings (SSSR count). The van der Waals surface area contributed by atoms with E-state index in [2.05, 4.69) is 0 Å². The van der Waals surface area contributed by atoms with Crippen LogP contribution in [0.4, 0.5) is 0 Å². The molecule has 0 radical (unpaired) electrons. The predicted molar refractivity (Wildman–Crippen MR) is 68.0 cm³/mol. The molecule has 20 heavy (non-hydrogen) atoms. The van der Waals surface area contributed by atoms with Crippen LogP contribution < -0.4 is 5.73 Å². The van der Waals surface area contributed by atoms with E-state index in [0.29, 0.717) is 11.1 Å². The van der Waals surface area contributed by atoms with Crippen LogP contribution in [0.1, 0.15) is 27.1 Å². The molecule has 106 valence electrons. The molecule has 0 bridgehead atoms. The highest BCUT2D eigenvalue weighted by Gasteiger charge is 2.35. The van der Waals surface area contributed by atoms with Crippen molar-refractivity contribution in [2.45, 2.75) is 18.6 Å². The lowest BCUT2D eigenvalue weighted by Gasteiger charge is -2.18. The Balaban J connectivity index is 2.04. The van der Waals surface area contributed by atoms with E-state index in [0.717, 1.165) is 4.90 Å². The first kappa shape index (κ1) is 14.2. The van der Waals surface area contributed by atoms with Crippen LogP contribution in [0, 0.1) is 0 Å². The lowest BCUT2D eigenvalue weighted by molar-refractivity contribution is -0.141. The minimum Gasteiger partial charge on any atom is -0.480 e. The summed E-state index contributed by atoms with van der Waals surface area (Å²) in [4.78, 5) is 35.6. The monoisotopic (exact) mass is 278 g/mol. The molecule has 7 heteroatoms. The fourth-order valence-electron chi connectivity index (χ4n) is 2.05. The number of carboxylic acid groups (broad SMARTS) is 1. The number of imide groups is 1. The summed E-state index contributed by atoms with van der Waals surface area (Å²) < 4.78 is 0. The molecule has 0 aliphatic carbocycles. The van der Waals surface area contributed by atoms with E-state index in [1.54, 1.807) is 24.3 Å². The Morgan fingerprint density at radius 3 is 2.15 bits per heavy atom. The Hall–Kier alpha value is -2.25. The number of hydrogen-bond acceptors (Lipinski definition) is 5. The zero-order chi connectivity index (χ0) is 14.9. The highest BCUT2D eigenvalue weighted by molar-refractivity contribution is 6.21. The number of amides is 2. The van der Waals surface area contributed by atoms with Gasteiger partial charge in [-0.25, -0.2) is 0 Å². The summed E-state index contributed by atoms with van der Waals surface area (Å²) in [5.74, 6) is -2.22. The Labute approximate surface area is 114 Å². The van der Waals surface area contributed by atoms with Crippen molar-refractivity contribution in [3.8, 4) is 0 Å². The van der Waals surface area contributed by atoms with Crippen molar-refractivity contribution >= 4 is 17.8 Å². The van der Waals surface area contributed by atoms with Crippen molar-refractivity contribution in [3.05, 3.63) is 35.4 Å². The highest BCUT2D eigenvalue weighted by atomic mass is 16.4. The molecular weight excluding hydrogens is 264 g/mol. The van der Waals surface area contributed by atoms with Crippen LogP contribution in [0.15, 0.2) is 24.3 Å². The first-order chi connectivity index (χ1) is 9.43. The second-order valence-electron chi connectivity index (χ2n) is 4.53. The van der Waals surface area contributed by atoms with Gasteiger partial charge in [-0.2, -0.15) is 0 Å². The molecule has 2 amide bonds. The van der Waals surface area contributed by atoms with Crippen molar-refractivity contribution < 1.29 is 24.6 Å². The second-order valence-corrected chi connectivity index (χ2v) is 4.53. The van der Waals surface area contributed by atoms with Gasteiger partial charge in [0, 0.05) is 6.54 Å². The molecule has 0 fully saturated rings. The first-order valence-corrected chi connectivity index (χ1v) is 6.05. The zero-order valence-electron chi connectivity index (χ0n) is 10.5. The number of fused-ring (bicyclic) bond motifs is 1. The number of carboxylic acids is 1. The fourth-order valence-corrected chi connectivity index (χ4v) is 2.05. The van der Waals surface area contributed by atoms with Gasteiger partial charge in [-0.1, -0.05) is 12.1 Å². The van der Waals surface area contributed by atoms with Crippen LogP contribution in [0.25, 0.3) is 0 Å². The maximum Gasteiger partial charge on any atom is 0.323 e. The highest BCUT2D eigenvalue weighted by Crippen LogP contribution is 2.22. The van der Waals surface area contributed by atoms with Crippen LogP contribution in [0.2, 0.25) is 0 Å². The molecule has 1 aliphatic heterocycles. The molecule has 2 atom stereocenters. The third-order valence-corrected chi connectivity index (χ3v) is 3.23. The van der Waals surface area contributed by atoms with Crippen molar-refractivity contribution in [1.82, 2.24) is 4.90 Å². The third kappa shape index (κ3) is 2.40. The Bertz CT molecular complexity index is 537. The van der Waals surface area contributed by atoms with Crippen LogP contribution >= 0.6 is 0 Å². The van der Waals surface area contributed by atoms with Crippen molar-refractivity contribution in [3.63, 3.8) is 0 Å². The minimum absolute atomic E-state index is 0.0749. The number of aliphatic hydroxyl groups excluding tert-OH is 1. The number of aliphatic carboxylic acids is 1. The van der Waals surface area contributed by atoms with Crippen molar-refractivity contribution in [1.29, 1.82) is 0 Å². The van der Waals surface area contributed by atoms with Gasteiger partial charge >= 0.3 is 5.97 Å². The SMILES string of the molecule is NC(C(=O)O)C(O)CCN1C(=O)c2ccccc2C1=O. The van der Waals surface area contributed by atoms with Gasteiger partial charge in [-0.15, -0.1) is 0 Å². The van der Waals surface area contributed by atoms with Gasteiger partial charge in [0.25, 0.3) is 11.8 Å². The summed E-state index contributed by atoms with van der Waals surface area (Å²) in [6.45, 7) is -0.0749. The average Bonchev–Trinajstić information content (AvgIpc) is 2.68. The van der Waals surface area contributed by atoms with E-state index in [-0.39, 0.29) is 13.0 Å². The summed E-state index contributed by atoms with van der Waals surface area (Å²) in [6.07, 6.45) is -1.41. The summed E-state index contributed by atoms with van der Waals surface area (Å²) in [5.41, 5.74) is 5.89. The van der Waals surface area contributed by atoms with Crippen LogP contribution in [0.5, 0.6) is 0 Å². The predicted octanol–water partition coefficient (Wildman–Crippen LogP) is -0.554. The molecule has 0 spiro atoms. The molecule has 1 aromatic rings. The zero-order valence-corrected chi connectivity index (χ0v) is 10.5. The topological polar surface area (TPSA) is 121 Å². The second kappa shape index (κ2) is 5.40. The van der Waals surface area contributed by atoms with E-state index >= 15 is 0 Å². The van der Waals surface area contributed by atoms with E-state index in [1.165, 1.54) is 0 Å². The lowest BCUT2D eigenvalue weighted by atomic mass is 10.1. The number of benzene rings is 1. The number of nitrogens with zero attached hydrogens (tertiary/aromatic N) is 1. The Morgan fingerprint density at radius 2 is 1.70 bits per heavy atom. The van der Waals surface area contributed by atoms with Gasteiger partial charge in [-0.3, -0.25) is 19.3 Å². The van der Waals surface area contributed by atoms with Crippen LogP contribution in [-0.4, -0.2) is 51.6 Å². The van der Waals surface area contributed by atoms with Gasteiger partial charge in [0.15, 0.2) is 0 Å². The minimum atomic E-state index is -1.44. The normalized spacial score (nSPS) is 17.0.